The second kappa shape index (κ2) is 4.55. The number of aliphatic carboxylic acids is 1. The van der Waals surface area contributed by atoms with Crippen LogP contribution < -0.4 is 0 Å². The maximum absolute atomic E-state index is 11.6. The van der Waals surface area contributed by atoms with Crippen molar-refractivity contribution in [1.29, 1.82) is 0 Å². The van der Waals surface area contributed by atoms with E-state index in [9.17, 15) is 18.0 Å². The van der Waals surface area contributed by atoms with Gasteiger partial charge in [0.15, 0.2) is 0 Å². The number of likely N-dealkylation sites (N-methyl/N-ethyl adjacent to an activating group) is 1. The second-order valence-electron chi connectivity index (χ2n) is 3.99. The van der Waals surface area contributed by atoms with Gasteiger partial charge in [0.1, 0.15) is 0 Å². The van der Waals surface area contributed by atoms with Gasteiger partial charge in [-0.2, -0.15) is 8.42 Å². The highest BCUT2D eigenvalue weighted by molar-refractivity contribution is 14.1. The molecule has 1 unspecified atom stereocenters. The molecule has 0 amide bonds. The number of Topliss-reactive ketones (excluding diaryl/α,β-unsaturated/α-hetero) is 1. The molecule has 16 heavy (non-hydrogen) atoms. The van der Waals surface area contributed by atoms with Gasteiger partial charge in [-0.1, -0.05) is 22.6 Å². The number of halogens is 1. The average Bonchev–Trinajstić information content (AvgIpc) is 1.98. The molecule has 0 heterocycles. The van der Waals surface area contributed by atoms with E-state index < -0.39 is 31.2 Å². The van der Waals surface area contributed by atoms with Crippen LogP contribution in [0.1, 0.15) is 0 Å². The Balaban J connectivity index is 6.27. The number of alkyl halides is 1. The first-order valence-corrected chi connectivity index (χ1v) is 7.00. The summed E-state index contributed by atoms with van der Waals surface area (Å²) in [5.74, 6) is -2.96. The number of carbonyl (C=O) groups is 2. The van der Waals surface area contributed by atoms with Crippen LogP contribution in [0.5, 0.6) is 0 Å². The van der Waals surface area contributed by atoms with Gasteiger partial charge in [0.25, 0.3) is 0 Å². The van der Waals surface area contributed by atoms with Crippen LogP contribution in [-0.4, -0.2) is 64.8 Å². The number of rotatable bonds is 5. The summed E-state index contributed by atoms with van der Waals surface area (Å²) in [4.78, 5) is 19.9. The van der Waals surface area contributed by atoms with Gasteiger partial charge in [0, 0.05) is 0 Å². The summed E-state index contributed by atoms with van der Waals surface area (Å²) in [6.07, 6.45) is 0. The van der Waals surface area contributed by atoms with E-state index in [4.69, 9.17) is 9.66 Å². The molecule has 0 rings (SSSR count). The van der Waals surface area contributed by atoms with Crippen molar-refractivity contribution in [3.63, 3.8) is 0 Å². The van der Waals surface area contributed by atoms with E-state index in [0.717, 1.165) is 0 Å². The van der Waals surface area contributed by atoms with E-state index in [1.807, 2.05) is 0 Å². The zero-order valence-electron chi connectivity index (χ0n) is 8.97. The summed E-state index contributed by atoms with van der Waals surface area (Å²) in [6.45, 7) is 0. The fraction of sp³-hybridized carbons (Fsp3) is 0.714. The molecule has 0 aromatic heterocycles. The van der Waals surface area contributed by atoms with Gasteiger partial charge in [-0.25, -0.2) is 4.79 Å². The van der Waals surface area contributed by atoms with Gasteiger partial charge < -0.3 is 5.11 Å². The average molecular weight is 366 g/mol. The molecule has 7 nitrogen and oxygen atoms in total. The number of hydrogen-bond donors (Lipinski definition) is 2. The number of carbonyl (C=O) groups excluding carboxylic acids is 1. The lowest BCUT2D eigenvalue weighted by molar-refractivity contribution is -0.888. The molecule has 0 radical (unpaired) electrons. The third kappa shape index (κ3) is 2.21. The smallest absolute Gasteiger partial charge is 0.393 e. The number of carboxylic acid groups (broad SMARTS) is 1. The third-order valence-electron chi connectivity index (χ3n) is 2.11. The number of quaternary nitrogens is 1. The van der Waals surface area contributed by atoms with Gasteiger partial charge >= 0.3 is 21.0 Å². The molecule has 2 N–H and O–H groups in total. The first-order chi connectivity index (χ1) is 6.92. The fourth-order valence-electron chi connectivity index (χ4n) is 1.47. The molecule has 0 spiro atoms. The molecule has 0 aliphatic rings. The Labute approximate surface area is 107 Å². The van der Waals surface area contributed by atoms with Crippen molar-refractivity contribution in [3.05, 3.63) is 0 Å². The minimum absolute atomic E-state index is 0.334. The predicted molar refractivity (Wildman–Crippen MR) is 63.8 cm³/mol. The van der Waals surface area contributed by atoms with Gasteiger partial charge in [-0.05, 0) is 0 Å². The normalized spacial score (nSPS) is 16.6. The maximum atomic E-state index is 11.6. The second-order valence-corrected chi connectivity index (χ2v) is 6.30. The number of hydrogen-bond acceptors (Lipinski definition) is 4. The third-order valence-corrected chi connectivity index (χ3v) is 4.50. The molecule has 0 saturated carbocycles. The van der Waals surface area contributed by atoms with E-state index in [1.165, 1.54) is 21.1 Å². The molecule has 0 bridgehead atoms. The van der Waals surface area contributed by atoms with Gasteiger partial charge in [0.05, 0.1) is 25.6 Å². The lowest BCUT2D eigenvalue weighted by Gasteiger charge is -2.38. The summed E-state index contributed by atoms with van der Waals surface area (Å²) in [7, 11) is -1.43. The summed E-state index contributed by atoms with van der Waals surface area (Å²) in [5, 5.41) is 9.02. The Hall–Kier alpha value is -0.260. The van der Waals surface area contributed by atoms with Gasteiger partial charge in [0.2, 0.25) is 5.78 Å². The van der Waals surface area contributed by atoms with Crippen LogP contribution in [0.15, 0.2) is 0 Å². The first kappa shape index (κ1) is 15.7. The molecular weight excluding hydrogens is 353 g/mol. The van der Waals surface area contributed by atoms with Crippen molar-refractivity contribution in [3.8, 4) is 0 Å². The molecule has 94 valence electrons. The summed E-state index contributed by atoms with van der Waals surface area (Å²) >= 11 is 1.55. The van der Waals surface area contributed by atoms with Gasteiger partial charge in [-0.15, -0.1) is 0 Å². The van der Waals surface area contributed by atoms with E-state index in [1.54, 1.807) is 22.6 Å². The van der Waals surface area contributed by atoms with Gasteiger partial charge in [-0.3, -0.25) is 13.8 Å². The Morgan fingerprint density at radius 3 is 1.75 bits per heavy atom. The lowest BCUT2D eigenvalue weighted by atomic mass is 10.1. The topological polar surface area (TPSA) is 109 Å². The van der Waals surface area contributed by atoms with Crippen LogP contribution in [0.3, 0.4) is 0 Å². The molecule has 0 aromatic carbocycles. The van der Waals surface area contributed by atoms with Crippen molar-refractivity contribution in [2.24, 2.45) is 0 Å². The van der Waals surface area contributed by atoms with Crippen LogP contribution in [0, 0.1) is 0 Å². The molecule has 0 saturated heterocycles. The fourth-order valence-corrected chi connectivity index (χ4v) is 3.55. The largest absolute Gasteiger partial charge is 0.475 e. The highest BCUT2D eigenvalue weighted by Gasteiger charge is 2.67. The molecule has 0 aliphatic heterocycles. The van der Waals surface area contributed by atoms with Crippen molar-refractivity contribution in [1.82, 2.24) is 0 Å². The van der Waals surface area contributed by atoms with Crippen LogP contribution in [-0.2, 0) is 19.7 Å². The number of carboxylic acids is 1. The van der Waals surface area contributed by atoms with E-state index in [0.29, 0.717) is 0 Å². The first-order valence-electron chi connectivity index (χ1n) is 4.04. The zero-order valence-corrected chi connectivity index (χ0v) is 11.9. The maximum Gasteiger partial charge on any atom is 0.393 e. The zero-order chi connectivity index (χ0) is 13.4. The molecule has 0 aliphatic carbocycles. The summed E-state index contributed by atoms with van der Waals surface area (Å²) in [6, 6.07) is 0. The number of nitrogens with zero attached hydrogens (tertiary/aromatic N) is 1. The van der Waals surface area contributed by atoms with Crippen molar-refractivity contribution >= 4 is 44.5 Å². The molecule has 0 aromatic rings. The quantitative estimate of drug-likeness (QED) is 0.220. The molecule has 1 atom stereocenters. The van der Waals surface area contributed by atoms with Crippen molar-refractivity contribution < 1.29 is 32.1 Å². The minimum Gasteiger partial charge on any atom is -0.475 e. The van der Waals surface area contributed by atoms with Crippen molar-refractivity contribution in [2.75, 3.05) is 25.6 Å². The van der Waals surface area contributed by atoms with E-state index in [-0.39, 0.29) is 4.43 Å². The molecule has 0 fully saturated rings. The highest BCUT2D eigenvalue weighted by Crippen LogP contribution is 2.27. The van der Waals surface area contributed by atoms with Crippen LogP contribution >= 0.6 is 22.6 Å². The van der Waals surface area contributed by atoms with Crippen LogP contribution in [0.2, 0.25) is 0 Å². The Bertz CT molecular complexity index is 411. The monoisotopic (exact) mass is 366 g/mol. The van der Waals surface area contributed by atoms with E-state index in [2.05, 4.69) is 0 Å². The standard InChI is InChI=1S/C7H12INO6S/c1-9(2,3)7(6(11)12,5(10)4-8)16(13,14)15/h4H2,1-3H3,(H-,11,12,13,14,15)/p+1. The van der Waals surface area contributed by atoms with E-state index >= 15 is 0 Å². The molecular formula is C7H13INO6S+. The van der Waals surface area contributed by atoms with Crippen molar-refractivity contribution in [2.45, 2.75) is 4.87 Å². The Morgan fingerprint density at radius 2 is 1.69 bits per heavy atom. The predicted octanol–water partition coefficient (Wildman–Crippen LogP) is -0.635. The number of ketones is 1. The lowest BCUT2D eigenvalue weighted by Crippen LogP contribution is -2.70. The Kier molecular flexibility index (Phi) is 4.47. The summed E-state index contributed by atoms with van der Waals surface area (Å²) < 4.78 is 30.6. The summed E-state index contributed by atoms with van der Waals surface area (Å²) in [5.41, 5.74) is 0. The van der Waals surface area contributed by atoms with Crippen LogP contribution in [0.4, 0.5) is 0 Å². The highest BCUT2D eigenvalue weighted by atomic mass is 127. The molecule has 9 heteroatoms. The Morgan fingerprint density at radius 1 is 1.31 bits per heavy atom. The SMILES string of the molecule is C[N+](C)(C)C(C(=O)O)(C(=O)CI)S(=O)(=O)O. The minimum atomic E-state index is -5.08. The van der Waals surface area contributed by atoms with Crippen LogP contribution in [0.25, 0.3) is 0 Å².